The van der Waals surface area contributed by atoms with Gasteiger partial charge in [0.1, 0.15) is 5.75 Å². The lowest BCUT2D eigenvalue weighted by atomic mass is 9.97. The number of carbonyl (C=O) groups excluding carboxylic acids is 1. The summed E-state index contributed by atoms with van der Waals surface area (Å²) < 4.78 is 5.54. The summed E-state index contributed by atoms with van der Waals surface area (Å²) in [6, 6.07) is 11.1. The third-order valence-corrected chi connectivity index (χ3v) is 4.86. The lowest BCUT2D eigenvalue weighted by Crippen LogP contribution is -2.16. The monoisotopic (exact) mass is 397 g/mol. The van der Waals surface area contributed by atoms with Gasteiger partial charge >= 0.3 is 5.97 Å². The van der Waals surface area contributed by atoms with Gasteiger partial charge in [0.15, 0.2) is 6.61 Å². The number of carboxylic acid groups (broad SMARTS) is 1. The predicted molar refractivity (Wildman–Crippen MR) is 110 cm³/mol. The smallest absolute Gasteiger partial charge is 0.341 e. The number of primary amides is 1. The van der Waals surface area contributed by atoms with Crippen molar-refractivity contribution in [3.8, 4) is 5.75 Å². The average Bonchev–Trinajstić information content (AvgIpc) is 2.94. The van der Waals surface area contributed by atoms with Crippen LogP contribution < -0.4 is 10.5 Å². The van der Waals surface area contributed by atoms with Crippen LogP contribution in [0.25, 0.3) is 17.2 Å². The maximum Gasteiger partial charge on any atom is 0.341 e. The number of aryl methyl sites for hydroxylation is 1. The van der Waals surface area contributed by atoms with Crippen LogP contribution in [0.1, 0.15) is 35.6 Å². The average molecular weight is 398 g/mol. The molecule has 0 fully saturated rings. The number of hydrogen-bond donors (Lipinski definition) is 2. The van der Waals surface area contributed by atoms with Crippen molar-refractivity contribution in [3.05, 3.63) is 69.2 Å². The Labute approximate surface area is 168 Å². The fraction of sp³-hybridized carbons (Fsp3) is 0.182. The van der Waals surface area contributed by atoms with Crippen molar-refractivity contribution < 1.29 is 19.4 Å². The number of benzene rings is 2. The van der Waals surface area contributed by atoms with Crippen molar-refractivity contribution in [2.24, 2.45) is 5.73 Å². The first-order chi connectivity index (χ1) is 13.3. The number of carbonyl (C=O) groups is 2. The molecule has 0 unspecified atom stereocenters. The minimum Gasteiger partial charge on any atom is -0.481 e. The SMILES string of the molecule is CCC1=C(C(N)=O)c2c(ccc(C)c2OCC(=O)O)C1=Cc1cccc(Cl)c1. The summed E-state index contributed by atoms with van der Waals surface area (Å²) in [5.74, 6) is -1.29. The van der Waals surface area contributed by atoms with Gasteiger partial charge < -0.3 is 15.6 Å². The van der Waals surface area contributed by atoms with Gasteiger partial charge in [-0.25, -0.2) is 4.79 Å². The number of carboxylic acids is 1. The summed E-state index contributed by atoms with van der Waals surface area (Å²) in [4.78, 5) is 23.3. The molecule has 0 aliphatic heterocycles. The van der Waals surface area contributed by atoms with Crippen LogP contribution in [-0.2, 0) is 9.59 Å². The van der Waals surface area contributed by atoms with E-state index in [0.29, 0.717) is 28.3 Å². The van der Waals surface area contributed by atoms with Gasteiger partial charge in [-0.2, -0.15) is 0 Å². The number of rotatable bonds is 6. The van der Waals surface area contributed by atoms with Gasteiger partial charge in [0.25, 0.3) is 0 Å². The molecule has 0 atom stereocenters. The number of amides is 1. The highest BCUT2D eigenvalue weighted by atomic mass is 35.5. The van der Waals surface area contributed by atoms with E-state index in [2.05, 4.69) is 0 Å². The second-order valence-electron chi connectivity index (χ2n) is 6.50. The van der Waals surface area contributed by atoms with E-state index in [1.54, 1.807) is 13.0 Å². The number of nitrogens with two attached hydrogens (primary N) is 1. The predicted octanol–water partition coefficient (Wildman–Crippen LogP) is 4.31. The molecule has 2 aromatic rings. The Morgan fingerprint density at radius 3 is 2.61 bits per heavy atom. The fourth-order valence-electron chi connectivity index (χ4n) is 3.49. The summed E-state index contributed by atoms with van der Waals surface area (Å²) in [6.45, 7) is 3.25. The highest BCUT2D eigenvalue weighted by molar-refractivity contribution is 6.31. The zero-order chi connectivity index (χ0) is 20.4. The van der Waals surface area contributed by atoms with E-state index in [1.165, 1.54) is 0 Å². The molecule has 6 heteroatoms. The van der Waals surface area contributed by atoms with Gasteiger partial charge in [0.2, 0.25) is 5.91 Å². The summed E-state index contributed by atoms with van der Waals surface area (Å²) >= 11 is 6.11. The van der Waals surface area contributed by atoms with Crippen LogP contribution in [-0.4, -0.2) is 23.6 Å². The zero-order valence-electron chi connectivity index (χ0n) is 15.6. The first kappa shape index (κ1) is 19.7. The van der Waals surface area contributed by atoms with Crippen molar-refractivity contribution in [2.45, 2.75) is 20.3 Å². The van der Waals surface area contributed by atoms with E-state index in [-0.39, 0.29) is 0 Å². The Kier molecular flexibility index (Phi) is 5.56. The van der Waals surface area contributed by atoms with E-state index < -0.39 is 18.5 Å². The van der Waals surface area contributed by atoms with Crippen LogP contribution in [0.5, 0.6) is 5.75 Å². The standard InChI is InChI=1S/C22H20ClNO4/c1-3-15-17(10-13-5-4-6-14(23)9-13)16-8-7-12(2)21(28-11-18(25)26)19(16)20(15)22(24)27/h4-10H,3,11H2,1-2H3,(H2,24,27)(H,25,26). The molecule has 0 radical (unpaired) electrons. The molecule has 5 nitrogen and oxygen atoms in total. The van der Waals surface area contributed by atoms with Gasteiger partial charge in [-0.3, -0.25) is 4.79 Å². The lowest BCUT2D eigenvalue weighted by molar-refractivity contribution is -0.139. The van der Waals surface area contributed by atoms with Gasteiger partial charge in [0.05, 0.1) is 5.57 Å². The van der Waals surface area contributed by atoms with Gasteiger partial charge in [-0.1, -0.05) is 42.8 Å². The summed E-state index contributed by atoms with van der Waals surface area (Å²) in [6.07, 6.45) is 2.53. The first-order valence-electron chi connectivity index (χ1n) is 8.83. The summed E-state index contributed by atoms with van der Waals surface area (Å²) in [7, 11) is 0. The lowest BCUT2D eigenvalue weighted by Gasteiger charge is -2.14. The van der Waals surface area contributed by atoms with Crippen LogP contribution in [0.3, 0.4) is 0 Å². The molecule has 0 heterocycles. The van der Waals surface area contributed by atoms with Crippen molar-refractivity contribution in [1.82, 2.24) is 0 Å². The van der Waals surface area contributed by atoms with Crippen LogP contribution in [0.15, 0.2) is 42.0 Å². The summed E-state index contributed by atoms with van der Waals surface area (Å²) in [5.41, 5.74) is 10.7. The number of hydrogen-bond acceptors (Lipinski definition) is 3. The van der Waals surface area contributed by atoms with Crippen LogP contribution >= 0.6 is 11.6 Å². The normalized spacial score (nSPS) is 14.3. The second kappa shape index (κ2) is 7.90. The molecule has 0 bridgehead atoms. The maximum atomic E-state index is 12.3. The Hall–Kier alpha value is -3.05. The molecule has 28 heavy (non-hydrogen) atoms. The van der Waals surface area contributed by atoms with Gasteiger partial charge in [-0.15, -0.1) is 0 Å². The molecule has 2 aromatic carbocycles. The van der Waals surface area contributed by atoms with Crippen LogP contribution in [0, 0.1) is 6.92 Å². The molecule has 0 aromatic heterocycles. The third kappa shape index (κ3) is 3.66. The Balaban J connectivity index is 2.27. The summed E-state index contributed by atoms with van der Waals surface area (Å²) in [5, 5.41) is 9.62. The number of aliphatic carboxylic acids is 1. The quantitative estimate of drug-likeness (QED) is 0.759. The van der Waals surface area contributed by atoms with E-state index >= 15 is 0 Å². The van der Waals surface area contributed by atoms with E-state index in [9.17, 15) is 9.59 Å². The van der Waals surface area contributed by atoms with Crippen LogP contribution in [0.2, 0.25) is 5.02 Å². The maximum absolute atomic E-state index is 12.3. The minimum atomic E-state index is -1.09. The van der Waals surface area contributed by atoms with Crippen molar-refractivity contribution in [1.29, 1.82) is 0 Å². The molecule has 1 amide bonds. The Morgan fingerprint density at radius 2 is 2.00 bits per heavy atom. The van der Waals surface area contributed by atoms with Crippen molar-refractivity contribution in [2.75, 3.05) is 6.61 Å². The highest BCUT2D eigenvalue weighted by Crippen LogP contribution is 2.48. The Morgan fingerprint density at radius 1 is 1.25 bits per heavy atom. The van der Waals surface area contributed by atoms with E-state index in [0.717, 1.165) is 27.8 Å². The molecule has 144 valence electrons. The third-order valence-electron chi connectivity index (χ3n) is 4.62. The van der Waals surface area contributed by atoms with Crippen LogP contribution in [0.4, 0.5) is 0 Å². The number of ether oxygens (including phenoxy) is 1. The van der Waals surface area contributed by atoms with E-state index in [1.807, 2.05) is 43.3 Å². The molecule has 0 saturated carbocycles. The molecule has 0 spiro atoms. The van der Waals surface area contributed by atoms with Crippen molar-refractivity contribution >= 4 is 40.7 Å². The second-order valence-corrected chi connectivity index (χ2v) is 6.94. The topological polar surface area (TPSA) is 89.6 Å². The fourth-order valence-corrected chi connectivity index (χ4v) is 3.69. The van der Waals surface area contributed by atoms with Crippen molar-refractivity contribution in [3.63, 3.8) is 0 Å². The number of halogens is 1. The molecule has 1 aliphatic carbocycles. The number of allylic oxidation sites excluding steroid dienone is 2. The molecular formula is C22H20ClNO4. The first-order valence-corrected chi connectivity index (χ1v) is 9.20. The molecule has 0 saturated heterocycles. The highest BCUT2D eigenvalue weighted by Gasteiger charge is 2.32. The zero-order valence-corrected chi connectivity index (χ0v) is 16.3. The molecule has 1 aliphatic rings. The molecule has 3 N–H and O–H groups in total. The molecular weight excluding hydrogens is 378 g/mol. The number of fused-ring (bicyclic) bond motifs is 1. The van der Waals surface area contributed by atoms with Gasteiger partial charge in [0, 0.05) is 10.6 Å². The minimum absolute atomic E-state index is 0.370. The van der Waals surface area contributed by atoms with E-state index in [4.69, 9.17) is 27.2 Å². The van der Waals surface area contributed by atoms with Gasteiger partial charge in [-0.05, 0) is 59.4 Å². The Bertz CT molecular complexity index is 1040. The molecule has 3 rings (SSSR count). The largest absolute Gasteiger partial charge is 0.481 e.